The fourth-order valence-electron chi connectivity index (χ4n) is 4.41. The fraction of sp³-hybridized carbons (Fsp3) is 0.933. The van der Waals surface area contributed by atoms with Crippen LogP contribution in [0.25, 0.3) is 0 Å². The second-order valence-corrected chi connectivity index (χ2v) is 7.64. The highest BCUT2D eigenvalue weighted by molar-refractivity contribution is 5.80. The molecule has 7 unspecified atom stereocenters. The van der Waals surface area contributed by atoms with E-state index in [1.807, 2.05) is 0 Å². The molecule has 4 saturated heterocycles. The van der Waals surface area contributed by atoms with Crippen molar-refractivity contribution in [2.45, 2.75) is 50.1 Å². The monoisotopic (exact) mass is 371 g/mol. The highest BCUT2D eigenvalue weighted by atomic mass is 19.1. The van der Waals surface area contributed by atoms with Gasteiger partial charge in [0.2, 0.25) is 5.91 Å². The first-order valence-corrected chi connectivity index (χ1v) is 9.46. The number of hydrogen-bond donors (Lipinski definition) is 7. The minimum absolute atomic E-state index is 0.0189. The minimum atomic E-state index is -0.963. The Morgan fingerprint density at radius 3 is 2.85 bits per heavy atom. The average molecular weight is 371 g/mol. The minimum Gasteiger partial charge on any atom is -0.350 e. The Bertz CT molecular complexity index is 525. The topological polar surface area (TPSA) is 122 Å². The molecule has 0 saturated carbocycles. The standard InChI is InChI=1S/C15H30FN9O/c1-8-20-7-25(22-8)11-2-3-18-5-10(11)21-15(26)12-13(17)23-24-6-9(16)4-19-14(12)24/h8-14,18-20,22-23H,2-7,17H2,1H3,(H,21,26). The van der Waals surface area contributed by atoms with Gasteiger partial charge in [-0.05, 0) is 19.9 Å². The molecular formula is C15H30FN9O. The number of amides is 1. The number of carbonyl (C=O) groups is 1. The van der Waals surface area contributed by atoms with Gasteiger partial charge in [-0.3, -0.25) is 15.4 Å². The molecule has 0 aromatic rings. The van der Waals surface area contributed by atoms with Gasteiger partial charge in [-0.25, -0.2) is 25.3 Å². The van der Waals surface area contributed by atoms with Crippen molar-refractivity contribution in [3.8, 4) is 0 Å². The molecule has 11 heteroatoms. The van der Waals surface area contributed by atoms with Crippen molar-refractivity contribution < 1.29 is 9.18 Å². The molecule has 0 spiro atoms. The molecule has 4 heterocycles. The molecule has 148 valence electrons. The summed E-state index contributed by atoms with van der Waals surface area (Å²) in [5.74, 6) is -0.560. The van der Waals surface area contributed by atoms with E-state index < -0.39 is 18.3 Å². The summed E-state index contributed by atoms with van der Waals surface area (Å²) < 4.78 is 13.6. The summed E-state index contributed by atoms with van der Waals surface area (Å²) in [5, 5.41) is 16.9. The number of hydrazine groups is 2. The van der Waals surface area contributed by atoms with Crippen LogP contribution in [0.2, 0.25) is 0 Å². The smallest absolute Gasteiger partial charge is 0.229 e. The average Bonchev–Trinajstić information content (AvgIpc) is 3.17. The van der Waals surface area contributed by atoms with Gasteiger partial charge >= 0.3 is 0 Å². The molecule has 0 aromatic heterocycles. The molecule has 4 fully saturated rings. The van der Waals surface area contributed by atoms with Gasteiger partial charge in [0.05, 0.1) is 37.1 Å². The number of hydrogen-bond acceptors (Lipinski definition) is 9. The van der Waals surface area contributed by atoms with Gasteiger partial charge in [-0.2, -0.15) is 0 Å². The maximum Gasteiger partial charge on any atom is 0.229 e. The SMILES string of the molecule is CC1NCN(C2CCNCC2NC(=O)C2C(N)NN3CC(F)CNC23)N1. The Hall–Kier alpha value is -0.920. The number of rotatable bonds is 3. The molecule has 0 aromatic carbocycles. The number of alkyl halides is 1. The van der Waals surface area contributed by atoms with Crippen LogP contribution in [0.5, 0.6) is 0 Å². The molecule has 4 rings (SSSR count). The first kappa shape index (κ1) is 18.4. The lowest BCUT2D eigenvalue weighted by atomic mass is 9.97. The predicted octanol–water partition coefficient (Wildman–Crippen LogP) is -3.46. The van der Waals surface area contributed by atoms with Crippen molar-refractivity contribution in [2.75, 3.05) is 32.8 Å². The van der Waals surface area contributed by atoms with Crippen LogP contribution in [0.3, 0.4) is 0 Å². The van der Waals surface area contributed by atoms with Gasteiger partial charge in [0.25, 0.3) is 0 Å². The molecule has 8 N–H and O–H groups in total. The number of nitrogens with zero attached hydrogens (tertiary/aromatic N) is 2. The first-order chi connectivity index (χ1) is 12.5. The maximum atomic E-state index is 13.6. The second kappa shape index (κ2) is 7.60. The van der Waals surface area contributed by atoms with Crippen molar-refractivity contribution in [3.05, 3.63) is 0 Å². The van der Waals surface area contributed by atoms with Crippen LogP contribution in [0.4, 0.5) is 4.39 Å². The molecule has 0 aliphatic carbocycles. The molecule has 7 atom stereocenters. The summed E-state index contributed by atoms with van der Waals surface area (Å²) in [6, 6.07) is 0.184. The number of piperidine rings is 1. The third kappa shape index (κ3) is 3.58. The Morgan fingerprint density at radius 2 is 2.08 bits per heavy atom. The molecular weight excluding hydrogens is 341 g/mol. The highest BCUT2D eigenvalue weighted by Gasteiger charge is 2.48. The number of nitrogens with one attached hydrogen (secondary N) is 6. The second-order valence-electron chi connectivity index (χ2n) is 7.64. The van der Waals surface area contributed by atoms with Gasteiger partial charge in [0.1, 0.15) is 6.17 Å². The molecule has 4 aliphatic rings. The summed E-state index contributed by atoms with van der Waals surface area (Å²) in [5.41, 5.74) is 12.6. The zero-order valence-electron chi connectivity index (χ0n) is 15.0. The van der Waals surface area contributed by atoms with E-state index in [1.165, 1.54) is 0 Å². The Kier molecular flexibility index (Phi) is 5.39. The van der Waals surface area contributed by atoms with E-state index in [1.54, 1.807) is 5.01 Å². The van der Waals surface area contributed by atoms with E-state index in [0.29, 0.717) is 6.54 Å². The molecule has 4 aliphatic heterocycles. The summed E-state index contributed by atoms with van der Waals surface area (Å²) >= 11 is 0. The zero-order valence-corrected chi connectivity index (χ0v) is 15.0. The summed E-state index contributed by atoms with van der Waals surface area (Å²) in [6.07, 6.45) is -0.602. The Labute approximate surface area is 152 Å². The maximum absolute atomic E-state index is 13.6. The van der Waals surface area contributed by atoms with E-state index in [-0.39, 0.29) is 43.4 Å². The fourth-order valence-corrected chi connectivity index (χ4v) is 4.41. The van der Waals surface area contributed by atoms with E-state index in [0.717, 1.165) is 19.6 Å². The summed E-state index contributed by atoms with van der Waals surface area (Å²) in [4.78, 5) is 13.0. The third-order valence-corrected chi connectivity index (χ3v) is 5.72. The van der Waals surface area contributed by atoms with Crippen LogP contribution in [-0.2, 0) is 4.79 Å². The van der Waals surface area contributed by atoms with Gasteiger partial charge in [0, 0.05) is 25.7 Å². The molecule has 26 heavy (non-hydrogen) atoms. The van der Waals surface area contributed by atoms with E-state index >= 15 is 0 Å². The largest absolute Gasteiger partial charge is 0.350 e. The van der Waals surface area contributed by atoms with Crippen molar-refractivity contribution in [2.24, 2.45) is 11.7 Å². The lowest BCUT2D eigenvalue weighted by Gasteiger charge is -2.39. The van der Waals surface area contributed by atoms with Crippen molar-refractivity contribution in [1.29, 1.82) is 0 Å². The van der Waals surface area contributed by atoms with Crippen molar-refractivity contribution in [1.82, 2.24) is 42.1 Å². The van der Waals surface area contributed by atoms with Crippen LogP contribution in [0, 0.1) is 5.92 Å². The van der Waals surface area contributed by atoms with Crippen LogP contribution >= 0.6 is 0 Å². The Balaban J connectivity index is 1.41. The van der Waals surface area contributed by atoms with Crippen molar-refractivity contribution >= 4 is 5.91 Å². The number of carbonyl (C=O) groups excluding carboxylic acids is 1. The van der Waals surface area contributed by atoms with E-state index in [9.17, 15) is 9.18 Å². The Morgan fingerprint density at radius 1 is 1.23 bits per heavy atom. The molecule has 1 amide bonds. The van der Waals surface area contributed by atoms with Crippen LogP contribution in [0.15, 0.2) is 0 Å². The molecule has 0 bridgehead atoms. The van der Waals surface area contributed by atoms with Crippen molar-refractivity contribution in [3.63, 3.8) is 0 Å². The number of nitrogens with two attached hydrogens (primary N) is 1. The lowest BCUT2D eigenvalue weighted by Crippen LogP contribution is -2.64. The normalized spacial score (nSPS) is 44.8. The van der Waals surface area contributed by atoms with Gasteiger partial charge in [-0.1, -0.05) is 0 Å². The van der Waals surface area contributed by atoms with E-state index in [4.69, 9.17) is 5.73 Å². The quantitative estimate of drug-likeness (QED) is 0.271. The lowest BCUT2D eigenvalue weighted by molar-refractivity contribution is -0.128. The predicted molar refractivity (Wildman–Crippen MR) is 93.6 cm³/mol. The first-order valence-electron chi connectivity index (χ1n) is 9.46. The van der Waals surface area contributed by atoms with E-state index in [2.05, 4.69) is 44.1 Å². The van der Waals surface area contributed by atoms with Crippen LogP contribution < -0.4 is 37.9 Å². The highest BCUT2D eigenvalue weighted by Crippen LogP contribution is 2.23. The molecule has 0 radical (unpaired) electrons. The van der Waals surface area contributed by atoms with Crippen LogP contribution in [0.1, 0.15) is 13.3 Å². The van der Waals surface area contributed by atoms with Gasteiger partial charge in [0.15, 0.2) is 0 Å². The summed E-state index contributed by atoms with van der Waals surface area (Å²) in [7, 11) is 0. The zero-order chi connectivity index (χ0) is 18.3. The van der Waals surface area contributed by atoms with Gasteiger partial charge < -0.3 is 16.4 Å². The molecule has 10 nitrogen and oxygen atoms in total. The number of fused-ring (bicyclic) bond motifs is 1. The van der Waals surface area contributed by atoms with Crippen LogP contribution in [-0.4, -0.2) is 85.5 Å². The number of halogens is 1. The third-order valence-electron chi connectivity index (χ3n) is 5.72. The van der Waals surface area contributed by atoms with Gasteiger partial charge in [-0.15, -0.1) is 0 Å². The summed E-state index contributed by atoms with van der Waals surface area (Å²) in [6.45, 7) is 4.94.